The number of aromatic amines is 1. The largest absolute Gasteiger partial charge is 0.480 e. The van der Waals surface area contributed by atoms with Crippen LogP contribution < -0.4 is 0 Å². The topological polar surface area (TPSA) is 86.3 Å². The van der Waals surface area contributed by atoms with Crippen molar-refractivity contribution in [3.05, 3.63) is 15.9 Å². The summed E-state index contributed by atoms with van der Waals surface area (Å²) in [5, 5.41) is 15.8. The zero-order valence-electron chi connectivity index (χ0n) is 10.2. The maximum absolute atomic E-state index is 12.4. The summed E-state index contributed by atoms with van der Waals surface area (Å²) in [7, 11) is 0. The quantitative estimate of drug-likeness (QED) is 0.862. The van der Waals surface area contributed by atoms with Crippen molar-refractivity contribution in [1.29, 1.82) is 0 Å². The lowest BCUT2D eigenvalue weighted by Crippen LogP contribution is -2.37. The second-order valence-corrected chi connectivity index (χ2v) is 5.93. The fraction of sp³-hybridized carbons (Fsp3) is 0.583. The molecule has 0 aliphatic heterocycles. The second kappa shape index (κ2) is 4.63. The Hall–Kier alpha value is -1.37. The van der Waals surface area contributed by atoms with E-state index in [1.807, 2.05) is 0 Å². The van der Waals surface area contributed by atoms with Crippen molar-refractivity contribution in [3.8, 4) is 0 Å². The van der Waals surface area contributed by atoms with Crippen LogP contribution in [-0.4, -0.2) is 44.7 Å². The third-order valence-electron chi connectivity index (χ3n) is 3.47. The normalized spacial score (nSPS) is 18.4. The number of aliphatic carboxylic acids is 1. The van der Waals surface area contributed by atoms with E-state index < -0.39 is 5.97 Å². The number of aromatic nitrogens is 2. The third-order valence-corrected chi connectivity index (χ3v) is 4.28. The van der Waals surface area contributed by atoms with E-state index in [1.165, 1.54) is 4.90 Å². The van der Waals surface area contributed by atoms with Gasteiger partial charge in [0.25, 0.3) is 5.91 Å². The summed E-state index contributed by atoms with van der Waals surface area (Å²) < 4.78 is 0.691. The van der Waals surface area contributed by atoms with E-state index >= 15 is 0 Å². The van der Waals surface area contributed by atoms with Crippen molar-refractivity contribution in [1.82, 2.24) is 15.1 Å². The average molecular weight is 328 g/mol. The van der Waals surface area contributed by atoms with Crippen LogP contribution >= 0.6 is 15.9 Å². The lowest BCUT2D eigenvalue weighted by molar-refractivity contribution is -0.137. The Morgan fingerprint density at radius 3 is 2.58 bits per heavy atom. The molecule has 0 unspecified atom stereocenters. The van der Waals surface area contributed by atoms with Gasteiger partial charge in [0, 0.05) is 12.0 Å². The molecule has 6 nitrogen and oxygen atoms in total. The fourth-order valence-electron chi connectivity index (χ4n) is 2.16. The van der Waals surface area contributed by atoms with Crippen LogP contribution in [0, 0.1) is 0 Å². The molecule has 1 aromatic heterocycles. The lowest BCUT2D eigenvalue weighted by atomic mass is 10.2. The summed E-state index contributed by atoms with van der Waals surface area (Å²) in [6, 6.07) is 0.0524. The van der Waals surface area contributed by atoms with Crippen LogP contribution in [0.5, 0.6) is 0 Å². The number of H-pyrrole nitrogens is 1. The Morgan fingerprint density at radius 1 is 1.37 bits per heavy atom. The molecule has 0 atom stereocenters. The molecule has 1 aromatic rings. The van der Waals surface area contributed by atoms with Gasteiger partial charge in [-0.1, -0.05) is 0 Å². The molecule has 1 amide bonds. The highest BCUT2D eigenvalue weighted by Gasteiger charge is 2.37. The predicted molar refractivity (Wildman–Crippen MR) is 70.0 cm³/mol. The highest BCUT2D eigenvalue weighted by Crippen LogP contribution is 2.43. The molecule has 2 aliphatic rings. The summed E-state index contributed by atoms with van der Waals surface area (Å²) in [4.78, 5) is 24.6. The van der Waals surface area contributed by atoms with Crippen LogP contribution in [0.4, 0.5) is 0 Å². The first kappa shape index (κ1) is 12.7. The number of carboxylic acid groups (broad SMARTS) is 1. The van der Waals surface area contributed by atoms with Gasteiger partial charge in [-0.05, 0) is 41.6 Å². The van der Waals surface area contributed by atoms with Gasteiger partial charge in [0.05, 0.1) is 10.2 Å². The first-order valence-electron chi connectivity index (χ1n) is 6.34. The first-order chi connectivity index (χ1) is 9.08. The van der Waals surface area contributed by atoms with Gasteiger partial charge in [-0.2, -0.15) is 5.10 Å². The number of nitrogens with zero attached hydrogens (tertiary/aromatic N) is 2. The van der Waals surface area contributed by atoms with Crippen molar-refractivity contribution in [2.24, 2.45) is 0 Å². The van der Waals surface area contributed by atoms with Crippen LogP contribution in [0.1, 0.15) is 47.8 Å². The van der Waals surface area contributed by atoms with E-state index in [0.29, 0.717) is 16.1 Å². The number of carbonyl (C=O) groups is 2. The number of rotatable bonds is 5. The van der Waals surface area contributed by atoms with Gasteiger partial charge in [0.1, 0.15) is 6.54 Å². The Labute approximate surface area is 118 Å². The first-order valence-corrected chi connectivity index (χ1v) is 7.13. The molecular formula is C12H14BrN3O3. The van der Waals surface area contributed by atoms with Crippen LogP contribution in [0.3, 0.4) is 0 Å². The zero-order chi connectivity index (χ0) is 13.6. The van der Waals surface area contributed by atoms with E-state index in [1.54, 1.807) is 0 Å². The van der Waals surface area contributed by atoms with Crippen molar-refractivity contribution in [2.45, 2.75) is 37.6 Å². The van der Waals surface area contributed by atoms with Crippen LogP contribution in [0.15, 0.2) is 4.47 Å². The molecule has 1 heterocycles. The van der Waals surface area contributed by atoms with Gasteiger partial charge in [0.15, 0.2) is 5.69 Å². The number of hydrogen-bond donors (Lipinski definition) is 2. The molecule has 0 saturated heterocycles. The number of amides is 1. The smallest absolute Gasteiger partial charge is 0.323 e. The minimum absolute atomic E-state index is 0.0524. The highest BCUT2D eigenvalue weighted by molar-refractivity contribution is 9.10. The Kier molecular flexibility index (Phi) is 3.08. The van der Waals surface area contributed by atoms with E-state index in [4.69, 9.17) is 5.11 Å². The monoisotopic (exact) mass is 327 g/mol. The van der Waals surface area contributed by atoms with E-state index in [0.717, 1.165) is 31.4 Å². The maximum Gasteiger partial charge on any atom is 0.323 e. The summed E-state index contributed by atoms with van der Waals surface area (Å²) >= 11 is 3.41. The van der Waals surface area contributed by atoms with Gasteiger partial charge < -0.3 is 10.0 Å². The third kappa shape index (κ3) is 2.51. The lowest BCUT2D eigenvalue weighted by Gasteiger charge is -2.19. The number of hydrogen-bond acceptors (Lipinski definition) is 3. The van der Waals surface area contributed by atoms with Gasteiger partial charge in [-0.3, -0.25) is 14.7 Å². The van der Waals surface area contributed by atoms with E-state index in [9.17, 15) is 9.59 Å². The number of halogens is 1. The van der Waals surface area contributed by atoms with Crippen molar-refractivity contribution in [3.63, 3.8) is 0 Å². The van der Waals surface area contributed by atoms with Crippen LogP contribution in [0.2, 0.25) is 0 Å². The van der Waals surface area contributed by atoms with Gasteiger partial charge in [-0.15, -0.1) is 0 Å². The minimum atomic E-state index is -0.991. The van der Waals surface area contributed by atoms with Crippen molar-refractivity contribution < 1.29 is 14.7 Å². The van der Waals surface area contributed by atoms with Crippen LogP contribution in [0.25, 0.3) is 0 Å². The Balaban J connectivity index is 1.83. The van der Waals surface area contributed by atoms with Crippen molar-refractivity contribution >= 4 is 27.8 Å². The molecule has 0 aromatic carbocycles. The average Bonchev–Trinajstić information content (AvgIpc) is 3.23. The zero-order valence-corrected chi connectivity index (χ0v) is 11.8. The van der Waals surface area contributed by atoms with Crippen molar-refractivity contribution in [2.75, 3.05) is 6.54 Å². The highest BCUT2D eigenvalue weighted by atomic mass is 79.9. The Morgan fingerprint density at radius 2 is 2.05 bits per heavy atom. The molecule has 2 aliphatic carbocycles. The molecule has 19 heavy (non-hydrogen) atoms. The van der Waals surface area contributed by atoms with Gasteiger partial charge in [-0.25, -0.2) is 0 Å². The number of carbonyl (C=O) groups excluding carboxylic acids is 1. The second-order valence-electron chi connectivity index (χ2n) is 5.13. The van der Waals surface area contributed by atoms with E-state index in [2.05, 4.69) is 26.1 Å². The summed E-state index contributed by atoms with van der Waals surface area (Å²) in [6.45, 7) is -0.262. The molecule has 7 heteroatoms. The molecular weight excluding hydrogens is 314 g/mol. The SMILES string of the molecule is O=C(O)CN(C(=O)c1n[nH]c(C2CC2)c1Br)C1CC1. The Bertz CT molecular complexity index is 534. The maximum atomic E-state index is 12.4. The molecule has 2 saturated carbocycles. The van der Waals surface area contributed by atoms with Gasteiger partial charge in [0.2, 0.25) is 0 Å². The molecule has 0 bridgehead atoms. The molecule has 2 fully saturated rings. The molecule has 0 radical (unpaired) electrons. The molecule has 102 valence electrons. The number of nitrogens with one attached hydrogen (secondary N) is 1. The minimum Gasteiger partial charge on any atom is -0.480 e. The van der Waals surface area contributed by atoms with Gasteiger partial charge >= 0.3 is 5.97 Å². The molecule has 2 N–H and O–H groups in total. The van der Waals surface area contributed by atoms with E-state index in [-0.39, 0.29) is 18.5 Å². The summed E-state index contributed by atoms with van der Waals surface area (Å²) in [5.41, 5.74) is 1.25. The molecule has 0 spiro atoms. The summed E-state index contributed by atoms with van der Waals surface area (Å²) in [5.74, 6) is -0.841. The standard InChI is InChI=1S/C12H14BrN3O3/c13-9-10(6-1-2-6)14-15-11(9)12(19)16(5-8(17)18)7-3-4-7/h6-7H,1-5H2,(H,14,15)(H,17,18). The predicted octanol–water partition coefficient (Wildman–Crippen LogP) is 1.74. The number of carboxylic acids is 1. The molecule has 3 rings (SSSR count). The van der Waals surface area contributed by atoms with Crippen LogP contribution in [-0.2, 0) is 4.79 Å². The summed E-state index contributed by atoms with van der Waals surface area (Å²) in [6.07, 6.45) is 3.96. The fourth-order valence-corrected chi connectivity index (χ4v) is 2.83.